The van der Waals surface area contributed by atoms with Gasteiger partial charge in [0.2, 0.25) is 0 Å². The second-order valence-electron chi connectivity index (χ2n) is 5.37. The van der Waals surface area contributed by atoms with Gasteiger partial charge in [-0.05, 0) is 11.8 Å². The van der Waals surface area contributed by atoms with Crippen molar-refractivity contribution in [2.45, 2.75) is 26.3 Å². The molecule has 0 aliphatic heterocycles. The molecule has 1 fully saturated rings. The lowest BCUT2D eigenvalue weighted by molar-refractivity contribution is 0.0951. The third-order valence-corrected chi connectivity index (χ3v) is 4.29. The highest BCUT2D eigenvalue weighted by Gasteiger charge is 2.46. The van der Waals surface area contributed by atoms with Crippen molar-refractivity contribution in [2.24, 2.45) is 5.41 Å². The second-order valence-corrected chi connectivity index (χ2v) is 6.37. The maximum absolute atomic E-state index is 12.1. The smallest absolute Gasteiger partial charge is 0.265 e. The highest BCUT2D eigenvalue weighted by Crippen LogP contribution is 2.44. The summed E-state index contributed by atoms with van der Waals surface area (Å²) in [4.78, 5) is 16.7. The van der Waals surface area contributed by atoms with Crippen LogP contribution < -0.4 is 16.4 Å². The van der Waals surface area contributed by atoms with Crippen LogP contribution in [0.3, 0.4) is 0 Å². The maximum atomic E-state index is 12.1. The summed E-state index contributed by atoms with van der Waals surface area (Å²) in [5.41, 5.74) is 5.98. The van der Waals surface area contributed by atoms with Crippen LogP contribution >= 0.6 is 11.3 Å². The minimum Gasteiger partial charge on any atom is -0.383 e. The Morgan fingerprint density at radius 3 is 2.89 bits per heavy atom. The van der Waals surface area contributed by atoms with E-state index in [9.17, 15) is 4.79 Å². The van der Waals surface area contributed by atoms with Gasteiger partial charge in [-0.2, -0.15) is 0 Å². The first-order valence-electron chi connectivity index (χ1n) is 6.24. The van der Waals surface area contributed by atoms with E-state index in [-0.39, 0.29) is 23.2 Å². The Morgan fingerprint density at radius 2 is 2.32 bits per heavy atom. The Kier molecular flexibility index (Phi) is 3.96. The summed E-state index contributed by atoms with van der Waals surface area (Å²) in [5.74, 6) is 0.145. The van der Waals surface area contributed by atoms with E-state index in [2.05, 4.69) is 29.5 Å². The number of ether oxygens (including phenoxy) is 1. The molecule has 6 nitrogen and oxygen atoms in total. The van der Waals surface area contributed by atoms with Crippen molar-refractivity contribution in [2.75, 3.05) is 31.3 Å². The Hall–Kier alpha value is -1.34. The van der Waals surface area contributed by atoms with Crippen molar-refractivity contribution in [1.82, 2.24) is 10.3 Å². The van der Waals surface area contributed by atoms with Crippen molar-refractivity contribution in [3.05, 3.63) is 4.88 Å². The van der Waals surface area contributed by atoms with Gasteiger partial charge in [0, 0.05) is 19.7 Å². The number of anilines is 2. The monoisotopic (exact) mass is 284 g/mol. The van der Waals surface area contributed by atoms with Crippen LogP contribution in [0.1, 0.15) is 29.9 Å². The molecule has 2 rings (SSSR count). The van der Waals surface area contributed by atoms with Crippen LogP contribution in [0.5, 0.6) is 0 Å². The number of rotatable bonds is 6. The van der Waals surface area contributed by atoms with Crippen LogP contribution in [0, 0.1) is 5.41 Å². The number of thiazole rings is 1. The lowest BCUT2D eigenvalue weighted by Crippen LogP contribution is -2.28. The average Bonchev–Trinajstić information content (AvgIpc) is 2.76. The largest absolute Gasteiger partial charge is 0.383 e. The summed E-state index contributed by atoms with van der Waals surface area (Å²) in [5, 5.41) is 6.70. The number of nitrogens with two attached hydrogens (primary N) is 1. The van der Waals surface area contributed by atoms with Gasteiger partial charge >= 0.3 is 0 Å². The SMILES string of the molecule is COCCNc1nc(N)c(C(=O)NC2CC2(C)C)s1. The first kappa shape index (κ1) is 14.1. The standard InChI is InChI=1S/C12H20N4O2S/c1-12(2)6-7(12)15-10(17)8-9(13)16-11(19-8)14-4-5-18-3/h7H,4-6,13H2,1-3H3,(H,14,16)(H,15,17). The number of hydrogen-bond donors (Lipinski definition) is 3. The van der Waals surface area contributed by atoms with Gasteiger partial charge < -0.3 is 21.1 Å². The van der Waals surface area contributed by atoms with Gasteiger partial charge in [-0.25, -0.2) is 4.98 Å². The zero-order valence-corrected chi connectivity index (χ0v) is 12.3. The minimum absolute atomic E-state index is 0.134. The molecule has 4 N–H and O–H groups in total. The second kappa shape index (κ2) is 5.34. The van der Waals surface area contributed by atoms with Crippen LogP contribution in [0.4, 0.5) is 10.9 Å². The number of aromatic nitrogens is 1. The highest BCUT2D eigenvalue weighted by molar-refractivity contribution is 7.18. The maximum Gasteiger partial charge on any atom is 0.265 e. The van der Waals surface area contributed by atoms with E-state index in [1.165, 1.54) is 11.3 Å². The molecule has 1 aliphatic rings. The Labute approximate surface area is 116 Å². The van der Waals surface area contributed by atoms with E-state index in [0.717, 1.165) is 6.42 Å². The third-order valence-electron chi connectivity index (χ3n) is 3.26. The quantitative estimate of drug-likeness (QED) is 0.685. The van der Waals surface area contributed by atoms with Gasteiger partial charge in [0.05, 0.1) is 6.61 Å². The number of nitrogen functional groups attached to an aromatic ring is 1. The molecule has 1 saturated carbocycles. The van der Waals surface area contributed by atoms with Gasteiger partial charge in [0.25, 0.3) is 5.91 Å². The van der Waals surface area contributed by atoms with Gasteiger partial charge in [0.15, 0.2) is 5.13 Å². The first-order valence-corrected chi connectivity index (χ1v) is 7.05. The lowest BCUT2D eigenvalue weighted by Gasteiger charge is -2.05. The van der Waals surface area contributed by atoms with Crippen LogP contribution in [0.25, 0.3) is 0 Å². The Bertz CT molecular complexity index is 472. The molecule has 0 saturated heterocycles. The number of amides is 1. The molecule has 0 aromatic carbocycles. The minimum atomic E-state index is -0.134. The molecule has 7 heteroatoms. The van der Waals surface area contributed by atoms with Crippen LogP contribution in [-0.4, -0.2) is 37.2 Å². The van der Waals surface area contributed by atoms with Crippen LogP contribution in [0.15, 0.2) is 0 Å². The van der Waals surface area contributed by atoms with Crippen LogP contribution in [-0.2, 0) is 4.74 Å². The molecule has 19 heavy (non-hydrogen) atoms. The molecule has 0 spiro atoms. The number of carbonyl (C=O) groups excluding carboxylic acids is 1. The fourth-order valence-corrected chi connectivity index (χ4v) is 2.58. The summed E-state index contributed by atoms with van der Waals surface area (Å²) in [6.07, 6.45) is 1.01. The number of hydrogen-bond acceptors (Lipinski definition) is 6. The van der Waals surface area contributed by atoms with E-state index in [1.54, 1.807) is 7.11 Å². The molecule has 1 amide bonds. The zero-order valence-electron chi connectivity index (χ0n) is 11.4. The Balaban J connectivity index is 1.94. The summed E-state index contributed by atoms with van der Waals surface area (Å²) >= 11 is 1.27. The number of nitrogens with one attached hydrogen (secondary N) is 2. The molecule has 1 aliphatic carbocycles. The molecule has 1 aromatic heterocycles. The summed E-state index contributed by atoms with van der Waals surface area (Å²) in [7, 11) is 1.63. The van der Waals surface area contributed by atoms with Gasteiger partial charge in [-0.3, -0.25) is 4.79 Å². The fourth-order valence-electron chi connectivity index (χ4n) is 1.77. The topological polar surface area (TPSA) is 89.3 Å². The normalized spacial score (nSPS) is 20.1. The molecule has 0 bridgehead atoms. The molecular weight excluding hydrogens is 264 g/mol. The van der Waals surface area contributed by atoms with E-state index < -0.39 is 0 Å². The summed E-state index contributed by atoms with van der Waals surface area (Å²) in [6.45, 7) is 5.48. The first-order chi connectivity index (χ1) is 8.94. The molecule has 106 valence electrons. The molecule has 1 atom stereocenters. The van der Waals surface area contributed by atoms with E-state index in [1.807, 2.05) is 0 Å². The number of nitrogens with zero attached hydrogens (tertiary/aromatic N) is 1. The molecular formula is C12H20N4O2S. The predicted molar refractivity (Wildman–Crippen MR) is 76.5 cm³/mol. The fraction of sp³-hybridized carbons (Fsp3) is 0.667. The summed E-state index contributed by atoms with van der Waals surface area (Å²) in [6, 6.07) is 0.242. The molecule has 1 heterocycles. The van der Waals surface area contributed by atoms with Gasteiger partial charge in [-0.1, -0.05) is 25.2 Å². The van der Waals surface area contributed by atoms with Gasteiger partial charge in [0.1, 0.15) is 10.7 Å². The molecule has 0 radical (unpaired) electrons. The third kappa shape index (κ3) is 3.36. The van der Waals surface area contributed by atoms with Crippen LogP contribution in [0.2, 0.25) is 0 Å². The average molecular weight is 284 g/mol. The Morgan fingerprint density at radius 1 is 1.63 bits per heavy atom. The summed E-state index contributed by atoms with van der Waals surface area (Å²) < 4.78 is 4.94. The number of carbonyl (C=O) groups is 1. The number of methoxy groups -OCH3 is 1. The molecule has 1 unspecified atom stereocenters. The highest BCUT2D eigenvalue weighted by atomic mass is 32.1. The van der Waals surface area contributed by atoms with Crippen molar-refractivity contribution in [3.8, 4) is 0 Å². The van der Waals surface area contributed by atoms with E-state index in [4.69, 9.17) is 10.5 Å². The zero-order chi connectivity index (χ0) is 14.0. The van der Waals surface area contributed by atoms with E-state index >= 15 is 0 Å². The van der Waals surface area contributed by atoms with Crippen molar-refractivity contribution >= 4 is 28.2 Å². The molecule has 1 aromatic rings. The van der Waals surface area contributed by atoms with Crippen molar-refractivity contribution < 1.29 is 9.53 Å². The van der Waals surface area contributed by atoms with Gasteiger partial charge in [-0.15, -0.1) is 0 Å². The predicted octanol–water partition coefficient (Wildman–Crippen LogP) is 1.31. The van der Waals surface area contributed by atoms with Crippen molar-refractivity contribution in [3.63, 3.8) is 0 Å². The van der Waals surface area contributed by atoms with Crippen molar-refractivity contribution in [1.29, 1.82) is 0 Å². The lowest BCUT2D eigenvalue weighted by atomic mass is 10.2. The van der Waals surface area contributed by atoms with E-state index in [0.29, 0.717) is 23.2 Å².